The van der Waals surface area contributed by atoms with Crippen molar-refractivity contribution in [2.24, 2.45) is 5.92 Å². The van der Waals surface area contributed by atoms with Crippen molar-refractivity contribution in [3.8, 4) is 39.5 Å². The van der Waals surface area contributed by atoms with E-state index in [-0.39, 0.29) is 5.82 Å². The molecular weight excluding hydrogens is 517 g/mol. The van der Waals surface area contributed by atoms with E-state index in [1.807, 2.05) is 24.5 Å². The second kappa shape index (κ2) is 10.7. The van der Waals surface area contributed by atoms with Crippen LogP contribution in [0.2, 0.25) is 0 Å². The number of nitrogens with zero attached hydrogens (tertiary/aromatic N) is 4. The Balaban J connectivity index is 1.21. The Morgan fingerprint density at radius 3 is 2.66 bits per heavy atom. The molecule has 6 aromatic rings. The molecule has 0 amide bonds. The molecule has 1 aliphatic rings. The van der Waals surface area contributed by atoms with Crippen LogP contribution in [0.5, 0.6) is 5.75 Å². The Bertz CT molecular complexity index is 1850. The van der Waals surface area contributed by atoms with Gasteiger partial charge in [0.05, 0.1) is 41.9 Å². The van der Waals surface area contributed by atoms with Gasteiger partial charge in [-0.2, -0.15) is 5.10 Å². The first-order valence-electron chi connectivity index (χ1n) is 14.0. The molecule has 0 saturated heterocycles. The first-order chi connectivity index (χ1) is 20.1. The number of benzene rings is 1. The van der Waals surface area contributed by atoms with Crippen LogP contribution in [-0.4, -0.2) is 43.8 Å². The fourth-order valence-corrected chi connectivity index (χ4v) is 5.88. The molecule has 3 N–H and O–H groups in total. The lowest BCUT2D eigenvalue weighted by atomic mass is 10.0. The van der Waals surface area contributed by atoms with Crippen molar-refractivity contribution >= 4 is 21.8 Å². The minimum Gasteiger partial charge on any atom is -0.497 e. The minimum absolute atomic E-state index is 0.367. The van der Waals surface area contributed by atoms with Crippen molar-refractivity contribution in [1.82, 2.24) is 35.5 Å². The smallest absolute Gasteiger partial charge is 0.127 e. The van der Waals surface area contributed by atoms with Crippen LogP contribution in [-0.2, 0) is 6.54 Å². The molecule has 0 atom stereocenters. The second-order valence-corrected chi connectivity index (χ2v) is 10.8. The van der Waals surface area contributed by atoms with Gasteiger partial charge < -0.3 is 15.0 Å². The zero-order valence-corrected chi connectivity index (χ0v) is 22.7. The van der Waals surface area contributed by atoms with Crippen molar-refractivity contribution in [1.29, 1.82) is 0 Å². The number of halogens is 1. The third-order valence-electron chi connectivity index (χ3n) is 7.99. The van der Waals surface area contributed by atoms with E-state index in [2.05, 4.69) is 36.5 Å². The van der Waals surface area contributed by atoms with E-state index < -0.39 is 0 Å². The maximum atomic E-state index is 14.3. The summed E-state index contributed by atoms with van der Waals surface area (Å²) in [5.41, 5.74) is 7.67. The molecule has 1 aliphatic carbocycles. The van der Waals surface area contributed by atoms with Crippen LogP contribution < -0.4 is 10.1 Å². The quantitative estimate of drug-likeness (QED) is 0.197. The van der Waals surface area contributed by atoms with Crippen molar-refractivity contribution < 1.29 is 9.13 Å². The SMILES string of the molecule is COc1cc(F)cc(-c2cncc3[nH]c(-c4n[nH]c5cnc(-c6cncc(CNCC7CCCC7)c6)cc45)cc23)c1. The van der Waals surface area contributed by atoms with Gasteiger partial charge in [0, 0.05) is 53.1 Å². The average Bonchev–Trinajstić information content (AvgIpc) is 3.76. The van der Waals surface area contributed by atoms with Crippen molar-refractivity contribution in [2.75, 3.05) is 13.7 Å². The fraction of sp³-hybridized carbons (Fsp3) is 0.250. The Kier molecular flexibility index (Phi) is 6.64. The molecule has 8 nitrogen and oxygen atoms in total. The number of ether oxygens (including phenoxy) is 1. The van der Waals surface area contributed by atoms with Crippen molar-refractivity contribution in [3.05, 3.63) is 78.8 Å². The van der Waals surface area contributed by atoms with Gasteiger partial charge in [0.25, 0.3) is 0 Å². The molecule has 1 fully saturated rings. The van der Waals surface area contributed by atoms with E-state index in [1.54, 1.807) is 24.7 Å². The number of aromatic nitrogens is 6. The van der Waals surface area contributed by atoms with E-state index in [9.17, 15) is 4.39 Å². The lowest BCUT2D eigenvalue weighted by Gasteiger charge is -2.11. The largest absolute Gasteiger partial charge is 0.497 e. The predicted octanol–water partition coefficient (Wildman–Crippen LogP) is 6.66. The maximum absolute atomic E-state index is 14.3. The predicted molar refractivity (Wildman–Crippen MR) is 158 cm³/mol. The standard InChI is InChI=1S/C32H30FN7O/c1-41-24-8-21(7-23(33)9-24)27-16-36-17-30-25(27)10-29(38-30)32-26-11-28(37-18-31(26)39-40-32)22-6-20(14-35-15-22)13-34-12-19-4-2-3-5-19/h6-11,14-19,34,38H,2-5,12-13H2,1H3,(H,39,40). The number of fused-ring (bicyclic) bond motifs is 2. The van der Waals surface area contributed by atoms with Gasteiger partial charge in [0.2, 0.25) is 0 Å². The van der Waals surface area contributed by atoms with Gasteiger partial charge in [0.15, 0.2) is 0 Å². The van der Waals surface area contributed by atoms with Gasteiger partial charge in [-0.1, -0.05) is 12.8 Å². The summed E-state index contributed by atoms with van der Waals surface area (Å²) in [4.78, 5) is 17.0. The van der Waals surface area contributed by atoms with Crippen LogP contribution in [0.25, 0.3) is 55.6 Å². The normalized spacial score (nSPS) is 13.9. The van der Waals surface area contributed by atoms with Crippen LogP contribution in [0.15, 0.2) is 67.4 Å². The number of hydrogen-bond donors (Lipinski definition) is 3. The maximum Gasteiger partial charge on any atom is 0.127 e. The van der Waals surface area contributed by atoms with E-state index in [0.29, 0.717) is 11.3 Å². The molecule has 0 aliphatic heterocycles. The summed E-state index contributed by atoms with van der Waals surface area (Å²) >= 11 is 0. The number of rotatable bonds is 8. The van der Waals surface area contributed by atoms with Gasteiger partial charge in [-0.05, 0) is 66.8 Å². The highest BCUT2D eigenvalue weighted by Crippen LogP contribution is 2.35. The Morgan fingerprint density at radius 1 is 0.902 bits per heavy atom. The van der Waals surface area contributed by atoms with Crippen LogP contribution in [0.1, 0.15) is 31.2 Å². The van der Waals surface area contributed by atoms with Crippen molar-refractivity contribution in [3.63, 3.8) is 0 Å². The first kappa shape index (κ1) is 25.3. The Hall–Kier alpha value is -4.63. The first-order valence-corrected chi connectivity index (χ1v) is 14.0. The zero-order valence-electron chi connectivity index (χ0n) is 22.7. The summed E-state index contributed by atoms with van der Waals surface area (Å²) in [6.45, 7) is 1.85. The number of H-pyrrole nitrogens is 2. The molecule has 7 rings (SSSR count). The number of hydrogen-bond acceptors (Lipinski definition) is 6. The molecule has 41 heavy (non-hydrogen) atoms. The van der Waals surface area contributed by atoms with E-state index >= 15 is 0 Å². The van der Waals surface area contributed by atoms with Crippen molar-refractivity contribution in [2.45, 2.75) is 32.2 Å². The molecule has 5 aromatic heterocycles. The van der Waals surface area contributed by atoms with E-state index in [1.165, 1.54) is 44.9 Å². The molecule has 0 unspecified atom stereocenters. The summed E-state index contributed by atoms with van der Waals surface area (Å²) < 4.78 is 19.6. The third-order valence-corrected chi connectivity index (χ3v) is 7.99. The number of methoxy groups -OCH3 is 1. The molecule has 1 saturated carbocycles. The zero-order chi connectivity index (χ0) is 27.8. The van der Waals surface area contributed by atoms with Gasteiger partial charge in [-0.15, -0.1) is 0 Å². The highest BCUT2D eigenvalue weighted by Gasteiger charge is 2.17. The molecule has 1 aromatic carbocycles. The summed E-state index contributed by atoms with van der Waals surface area (Å²) in [6.07, 6.45) is 14.4. The number of aromatic amines is 2. The summed E-state index contributed by atoms with van der Waals surface area (Å²) in [5, 5.41) is 13.2. The van der Waals surface area contributed by atoms with Gasteiger partial charge >= 0.3 is 0 Å². The molecule has 0 radical (unpaired) electrons. The third kappa shape index (κ3) is 5.04. The van der Waals surface area contributed by atoms with E-state index in [4.69, 9.17) is 9.72 Å². The van der Waals surface area contributed by atoms with Gasteiger partial charge in [-0.3, -0.25) is 20.1 Å². The molecule has 0 spiro atoms. The summed E-state index contributed by atoms with van der Waals surface area (Å²) in [7, 11) is 1.53. The lowest BCUT2D eigenvalue weighted by molar-refractivity contribution is 0.411. The summed E-state index contributed by atoms with van der Waals surface area (Å²) in [6, 6.07) is 10.9. The monoisotopic (exact) mass is 547 g/mol. The highest BCUT2D eigenvalue weighted by molar-refractivity contribution is 6.01. The summed E-state index contributed by atoms with van der Waals surface area (Å²) in [5.74, 6) is 0.880. The molecule has 9 heteroatoms. The van der Waals surface area contributed by atoms with E-state index in [0.717, 1.165) is 74.6 Å². The van der Waals surface area contributed by atoms with Gasteiger partial charge in [0.1, 0.15) is 17.3 Å². The highest BCUT2D eigenvalue weighted by atomic mass is 19.1. The van der Waals surface area contributed by atoms with Crippen LogP contribution in [0.3, 0.4) is 0 Å². The Labute approximate surface area is 236 Å². The van der Waals surface area contributed by atoms with Crippen LogP contribution >= 0.6 is 0 Å². The number of nitrogens with one attached hydrogen (secondary N) is 3. The second-order valence-electron chi connectivity index (χ2n) is 10.8. The van der Waals surface area contributed by atoms with Gasteiger partial charge in [-0.25, -0.2) is 4.39 Å². The molecule has 206 valence electrons. The number of pyridine rings is 3. The molecule has 5 heterocycles. The minimum atomic E-state index is -0.367. The van der Waals surface area contributed by atoms with Crippen LogP contribution in [0.4, 0.5) is 4.39 Å². The molecule has 0 bridgehead atoms. The topological polar surface area (TPSA) is 104 Å². The fourth-order valence-electron chi connectivity index (χ4n) is 5.88. The molecular formula is C32H30FN7O. The Morgan fingerprint density at radius 2 is 1.78 bits per heavy atom. The van der Waals surface area contributed by atoms with Crippen LogP contribution in [0, 0.1) is 11.7 Å². The average molecular weight is 548 g/mol. The lowest BCUT2D eigenvalue weighted by Crippen LogP contribution is -2.20.